The van der Waals surface area contributed by atoms with E-state index >= 15 is 0 Å². The lowest BCUT2D eigenvalue weighted by Gasteiger charge is -1.90. The highest BCUT2D eigenvalue weighted by atomic mass is 14.8. The van der Waals surface area contributed by atoms with Crippen molar-refractivity contribution in [2.45, 2.75) is 0 Å². The fraction of sp³-hybridized carbons (Fsp3) is 0. The number of benzene rings is 2. The molecule has 0 radical (unpaired) electrons. The molecule has 0 unspecified atom stereocenters. The van der Waals surface area contributed by atoms with Crippen molar-refractivity contribution in [2.24, 2.45) is 0 Å². The van der Waals surface area contributed by atoms with Gasteiger partial charge in [0.2, 0.25) is 5.35 Å². The van der Waals surface area contributed by atoms with Crippen LogP contribution in [0.2, 0.25) is 0 Å². The van der Waals surface area contributed by atoms with Crippen LogP contribution < -0.4 is 9.59 Å². The minimum atomic E-state index is 1.16. The molecular formula is C19H16N+. The van der Waals surface area contributed by atoms with Gasteiger partial charge in [-0.15, -0.1) is 0 Å². The summed E-state index contributed by atoms with van der Waals surface area (Å²) in [4.78, 5) is 0. The van der Waals surface area contributed by atoms with Gasteiger partial charge in [-0.1, -0.05) is 48.5 Å². The Morgan fingerprint density at radius 3 is 1.90 bits per heavy atom. The molecule has 2 aromatic carbocycles. The van der Waals surface area contributed by atoms with E-state index in [0.717, 1.165) is 5.35 Å². The number of nitrogens with zero attached hydrogens (tertiary/aromatic N) is 1. The standard InChI is InChI=1S/C19H16N/c1-3-9-17(10-4-1)15-19-13-7-8-14-20(19)16-18-11-5-2-6-12-18/h1-16H/q+1. The van der Waals surface area contributed by atoms with Crippen LogP contribution in [0, 0.1) is 6.21 Å². The van der Waals surface area contributed by atoms with Crippen LogP contribution in [0.1, 0.15) is 11.1 Å². The van der Waals surface area contributed by atoms with E-state index < -0.39 is 0 Å². The molecule has 1 aromatic heterocycles. The lowest BCUT2D eigenvalue weighted by Crippen LogP contribution is -2.36. The molecule has 0 saturated carbocycles. The molecule has 0 bridgehead atoms. The quantitative estimate of drug-likeness (QED) is 0.623. The van der Waals surface area contributed by atoms with Crippen LogP contribution in [0.5, 0.6) is 0 Å². The minimum absolute atomic E-state index is 1.16. The Morgan fingerprint density at radius 2 is 1.20 bits per heavy atom. The summed E-state index contributed by atoms with van der Waals surface area (Å²) in [5, 5.41) is 1.16. The Labute approximate surface area is 118 Å². The van der Waals surface area contributed by atoms with Crippen molar-refractivity contribution in [3.63, 3.8) is 0 Å². The summed E-state index contributed by atoms with van der Waals surface area (Å²) in [5.41, 5.74) is 2.39. The minimum Gasteiger partial charge on any atom is -0.167 e. The normalized spacial score (nSPS) is 12.6. The highest BCUT2D eigenvalue weighted by molar-refractivity contribution is 5.46. The molecule has 3 aromatic rings. The van der Waals surface area contributed by atoms with Crippen LogP contribution >= 0.6 is 0 Å². The molecule has 20 heavy (non-hydrogen) atoms. The molecule has 96 valence electrons. The maximum atomic E-state index is 2.18. The van der Waals surface area contributed by atoms with Gasteiger partial charge in [0, 0.05) is 23.8 Å². The van der Waals surface area contributed by atoms with E-state index in [-0.39, 0.29) is 0 Å². The van der Waals surface area contributed by atoms with Crippen molar-refractivity contribution < 1.29 is 4.24 Å². The first kappa shape index (κ1) is 12.4. The third kappa shape index (κ3) is 3.01. The first-order chi connectivity index (χ1) is 9.92. The summed E-state index contributed by atoms with van der Waals surface area (Å²) in [6.45, 7) is 0. The van der Waals surface area contributed by atoms with Crippen LogP contribution in [0.15, 0.2) is 85.1 Å². The number of aromatic nitrogens is 1. The van der Waals surface area contributed by atoms with Crippen LogP contribution in [0.3, 0.4) is 0 Å². The van der Waals surface area contributed by atoms with E-state index in [1.807, 2.05) is 18.2 Å². The first-order valence-corrected chi connectivity index (χ1v) is 6.72. The Kier molecular flexibility index (Phi) is 3.70. The van der Waals surface area contributed by atoms with Gasteiger partial charge in [0.15, 0.2) is 12.4 Å². The zero-order valence-electron chi connectivity index (χ0n) is 11.2. The number of hydrogen-bond acceptors (Lipinski definition) is 0. The zero-order valence-corrected chi connectivity index (χ0v) is 11.2. The van der Waals surface area contributed by atoms with E-state index in [9.17, 15) is 0 Å². The number of rotatable bonds is 2. The van der Waals surface area contributed by atoms with E-state index in [2.05, 4.69) is 83.4 Å². The van der Waals surface area contributed by atoms with Crippen molar-refractivity contribution >= 4 is 6.08 Å². The second-order valence-corrected chi connectivity index (χ2v) is 4.63. The second-order valence-electron chi connectivity index (χ2n) is 4.63. The van der Waals surface area contributed by atoms with Gasteiger partial charge in [0.1, 0.15) is 0 Å². The van der Waals surface area contributed by atoms with Crippen molar-refractivity contribution in [1.82, 2.24) is 0 Å². The predicted molar refractivity (Wildman–Crippen MR) is 81.5 cm³/mol. The first-order valence-electron chi connectivity index (χ1n) is 6.72. The molecule has 1 heteroatoms. The average Bonchev–Trinajstić information content (AvgIpc) is 2.51. The molecule has 0 atom stereocenters. The van der Waals surface area contributed by atoms with Crippen LogP contribution in [-0.2, 0) is 0 Å². The summed E-state index contributed by atoms with van der Waals surface area (Å²) in [6, 6.07) is 26.9. The predicted octanol–water partition coefficient (Wildman–Crippen LogP) is 2.86. The summed E-state index contributed by atoms with van der Waals surface area (Å²) in [7, 11) is 0. The molecule has 0 saturated heterocycles. The van der Waals surface area contributed by atoms with Crippen molar-refractivity contribution in [2.75, 3.05) is 0 Å². The SMILES string of the molecule is C(c1ccccc1)=c1cccc[n+]1=Cc1ccccc1. The Balaban J connectivity index is 2.15. The van der Waals surface area contributed by atoms with Gasteiger partial charge in [0.05, 0.1) is 0 Å². The van der Waals surface area contributed by atoms with E-state index in [4.69, 9.17) is 0 Å². The molecule has 0 N–H and O–H groups in total. The molecule has 1 nitrogen and oxygen atoms in total. The van der Waals surface area contributed by atoms with Crippen LogP contribution in [-0.4, -0.2) is 0 Å². The van der Waals surface area contributed by atoms with E-state index in [0.29, 0.717) is 0 Å². The second kappa shape index (κ2) is 5.98. The lowest BCUT2D eigenvalue weighted by atomic mass is 10.2. The Hall–Kier alpha value is -2.67. The van der Waals surface area contributed by atoms with Crippen LogP contribution in [0.25, 0.3) is 6.08 Å². The maximum absolute atomic E-state index is 2.18. The van der Waals surface area contributed by atoms with Crippen molar-refractivity contribution in [1.29, 1.82) is 0 Å². The monoisotopic (exact) mass is 258 g/mol. The zero-order chi connectivity index (χ0) is 13.6. The van der Waals surface area contributed by atoms with Gasteiger partial charge in [-0.2, -0.15) is 4.24 Å². The fourth-order valence-electron chi connectivity index (χ4n) is 2.13. The highest BCUT2D eigenvalue weighted by Crippen LogP contribution is 1.98. The lowest BCUT2D eigenvalue weighted by molar-refractivity contribution is -0.522. The van der Waals surface area contributed by atoms with Gasteiger partial charge in [-0.25, -0.2) is 0 Å². The smallest absolute Gasteiger partial charge is 0.167 e. The fourth-order valence-corrected chi connectivity index (χ4v) is 2.13. The molecule has 1 heterocycles. The summed E-state index contributed by atoms with van der Waals surface area (Å²) in [6.07, 6.45) is 6.38. The van der Waals surface area contributed by atoms with Gasteiger partial charge in [-0.3, -0.25) is 0 Å². The van der Waals surface area contributed by atoms with E-state index in [1.54, 1.807) is 0 Å². The molecular weight excluding hydrogens is 242 g/mol. The molecule has 0 aliphatic carbocycles. The largest absolute Gasteiger partial charge is 0.211 e. The third-order valence-corrected chi connectivity index (χ3v) is 3.12. The topological polar surface area (TPSA) is 5.90 Å². The van der Waals surface area contributed by atoms with Crippen LogP contribution in [0.4, 0.5) is 0 Å². The highest BCUT2D eigenvalue weighted by Gasteiger charge is 1.96. The van der Waals surface area contributed by atoms with Gasteiger partial charge in [-0.05, 0) is 23.8 Å². The molecule has 0 aliphatic heterocycles. The Bertz CT molecular complexity index is 719. The summed E-state index contributed by atoms with van der Waals surface area (Å²) < 4.78 is 2.14. The molecule has 0 amide bonds. The van der Waals surface area contributed by atoms with E-state index in [1.165, 1.54) is 11.1 Å². The molecule has 0 fully saturated rings. The number of pyridine rings is 1. The Morgan fingerprint density at radius 1 is 0.600 bits per heavy atom. The average molecular weight is 258 g/mol. The summed E-state index contributed by atoms with van der Waals surface area (Å²) >= 11 is 0. The molecule has 0 spiro atoms. The van der Waals surface area contributed by atoms with Crippen molar-refractivity contribution in [3.05, 3.63) is 108 Å². The maximum Gasteiger partial charge on any atom is 0.211 e. The molecule has 0 aliphatic rings. The van der Waals surface area contributed by atoms with Crippen molar-refractivity contribution in [3.8, 4) is 0 Å². The third-order valence-electron chi connectivity index (χ3n) is 3.12. The summed E-state index contributed by atoms with van der Waals surface area (Å²) in [5.74, 6) is 0. The number of hydrogen-bond donors (Lipinski definition) is 0. The van der Waals surface area contributed by atoms with Gasteiger partial charge in [0.25, 0.3) is 0 Å². The molecule has 3 rings (SSSR count). The van der Waals surface area contributed by atoms with Gasteiger partial charge >= 0.3 is 0 Å². The van der Waals surface area contributed by atoms with Gasteiger partial charge < -0.3 is 0 Å².